The van der Waals surface area contributed by atoms with Crippen LogP contribution in [0.2, 0.25) is 0 Å². The molecule has 2 saturated heterocycles. The molecule has 1 saturated carbocycles. The van der Waals surface area contributed by atoms with E-state index < -0.39 is 35.5 Å². The minimum atomic E-state index is -1.05. The topological polar surface area (TPSA) is 107 Å². The molecule has 6 atom stereocenters. The standard InChI is InChI=1S/C24H31NO8/c1-13-10-23(14-5-6-15(29-3)16(9-14)30-4)7-8-25(2)18(23)11-24(13)31-12-17(33-24)21-19(26)20(27)22(28)32-21/h5-6,9,13,17-18,21,26-27H,7-8,10-12H2,1-4H3/t13?,17-,18-,21+,23+,24?/m0/s1. The number of likely N-dealkylation sites (tertiary alicyclic amines) is 1. The smallest absolute Gasteiger partial charge is 0.377 e. The summed E-state index contributed by atoms with van der Waals surface area (Å²) in [5.74, 6) is -1.61. The molecule has 2 unspecified atom stereocenters. The summed E-state index contributed by atoms with van der Waals surface area (Å²) in [6.45, 7) is 3.23. The molecule has 5 rings (SSSR count). The lowest BCUT2D eigenvalue weighted by molar-refractivity contribution is -0.239. The van der Waals surface area contributed by atoms with Gasteiger partial charge in [0.2, 0.25) is 5.76 Å². The summed E-state index contributed by atoms with van der Waals surface area (Å²) in [5, 5.41) is 19.8. The Labute approximate surface area is 192 Å². The van der Waals surface area contributed by atoms with Gasteiger partial charge in [-0.25, -0.2) is 4.79 Å². The zero-order valence-electron chi connectivity index (χ0n) is 19.4. The van der Waals surface area contributed by atoms with E-state index in [1.807, 2.05) is 6.07 Å². The fourth-order valence-corrected chi connectivity index (χ4v) is 6.26. The number of carbonyl (C=O) groups excluding carboxylic acids is 1. The number of carbonyl (C=O) groups is 1. The van der Waals surface area contributed by atoms with E-state index in [9.17, 15) is 15.0 Å². The molecule has 3 heterocycles. The molecule has 180 valence electrons. The summed E-state index contributed by atoms with van der Waals surface area (Å²) in [6, 6.07) is 6.33. The van der Waals surface area contributed by atoms with Crippen molar-refractivity contribution in [1.29, 1.82) is 0 Å². The van der Waals surface area contributed by atoms with Gasteiger partial charge in [-0.2, -0.15) is 0 Å². The zero-order chi connectivity index (χ0) is 23.5. The first-order valence-electron chi connectivity index (χ1n) is 11.3. The summed E-state index contributed by atoms with van der Waals surface area (Å²) < 4.78 is 28.8. The van der Waals surface area contributed by atoms with E-state index in [4.69, 9.17) is 23.7 Å². The van der Waals surface area contributed by atoms with Gasteiger partial charge in [-0.05, 0) is 44.1 Å². The molecule has 1 spiro atoms. The highest BCUT2D eigenvalue weighted by molar-refractivity contribution is 5.89. The van der Waals surface area contributed by atoms with Crippen molar-refractivity contribution in [2.45, 2.75) is 55.6 Å². The number of hydrogen-bond donors (Lipinski definition) is 2. The number of benzene rings is 1. The number of likely N-dealkylation sites (N-methyl/N-ethyl adjacent to an activating group) is 1. The van der Waals surface area contributed by atoms with Gasteiger partial charge in [0.05, 0.1) is 20.8 Å². The number of aliphatic hydroxyl groups excluding tert-OH is 2. The maximum absolute atomic E-state index is 11.7. The molecule has 1 aromatic rings. The molecule has 0 bridgehead atoms. The molecule has 9 heteroatoms. The lowest BCUT2D eigenvalue weighted by Crippen LogP contribution is -2.57. The van der Waals surface area contributed by atoms with Gasteiger partial charge in [0.15, 0.2) is 29.1 Å². The summed E-state index contributed by atoms with van der Waals surface area (Å²) in [6.07, 6.45) is 0.740. The third kappa shape index (κ3) is 3.20. The Bertz CT molecular complexity index is 995. The van der Waals surface area contributed by atoms with Crippen LogP contribution >= 0.6 is 0 Å². The molecule has 2 N–H and O–H groups in total. The van der Waals surface area contributed by atoms with Crippen LogP contribution in [0.25, 0.3) is 0 Å². The van der Waals surface area contributed by atoms with Gasteiger partial charge in [-0.3, -0.25) is 0 Å². The molecule has 33 heavy (non-hydrogen) atoms. The van der Waals surface area contributed by atoms with Crippen LogP contribution in [0, 0.1) is 5.92 Å². The number of hydrogen-bond acceptors (Lipinski definition) is 9. The predicted molar refractivity (Wildman–Crippen MR) is 116 cm³/mol. The highest BCUT2D eigenvalue weighted by atomic mass is 16.8. The number of methoxy groups -OCH3 is 2. The van der Waals surface area contributed by atoms with Crippen LogP contribution in [0.5, 0.6) is 11.5 Å². The SMILES string of the molecule is COc1ccc([C@]23CCN(C)[C@H]2CC2(OC[C@@H]([C@H]4OC(=O)C(O)=C4O)O2)C(C)C3)cc1OC. The molecular formula is C24H31NO8. The van der Waals surface area contributed by atoms with E-state index in [0.29, 0.717) is 17.9 Å². The van der Waals surface area contributed by atoms with E-state index in [2.05, 4.69) is 31.0 Å². The van der Waals surface area contributed by atoms with Crippen molar-refractivity contribution in [2.24, 2.45) is 5.92 Å². The highest BCUT2D eigenvalue weighted by Crippen LogP contribution is 2.56. The Morgan fingerprint density at radius 1 is 1.15 bits per heavy atom. The number of rotatable bonds is 4. The van der Waals surface area contributed by atoms with Crippen molar-refractivity contribution in [2.75, 3.05) is 34.4 Å². The number of fused-ring (bicyclic) bond motifs is 1. The van der Waals surface area contributed by atoms with Crippen LogP contribution in [0.1, 0.15) is 31.7 Å². The largest absolute Gasteiger partial charge is 0.505 e. The van der Waals surface area contributed by atoms with Crippen molar-refractivity contribution in [3.63, 3.8) is 0 Å². The van der Waals surface area contributed by atoms with Crippen LogP contribution in [0.3, 0.4) is 0 Å². The molecule has 9 nitrogen and oxygen atoms in total. The van der Waals surface area contributed by atoms with Gasteiger partial charge in [-0.1, -0.05) is 13.0 Å². The Balaban J connectivity index is 1.44. The van der Waals surface area contributed by atoms with Gasteiger partial charge < -0.3 is 38.8 Å². The van der Waals surface area contributed by atoms with Gasteiger partial charge in [0.25, 0.3) is 0 Å². The van der Waals surface area contributed by atoms with E-state index in [1.165, 1.54) is 5.56 Å². The molecular weight excluding hydrogens is 430 g/mol. The molecule has 4 aliphatic rings. The average molecular weight is 462 g/mol. The van der Waals surface area contributed by atoms with Gasteiger partial charge in [-0.15, -0.1) is 0 Å². The monoisotopic (exact) mass is 461 g/mol. The molecule has 1 aromatic carbocycles. The minimum absolute atomic E-state index is 0.0372. The number of cyclic esters (lactones) is 1. The first kappa shape index (κ1) is 22.3. The third-order valence-corrected chi connectivity index (χ3v) is 8.06. The number of esters is 1. The van der Waals surface area contributed by atoms with Crippen molar-refractivity contribution < 1.29 is 38.7 Å². The van der Waals surface area contributed by atoms with Crippen molar-refractivity contribution in [3.05, 3.63) is 35.3 Å². The summed E-state index contributed by atoms with van der Waals surface area (Å²) >= 11 is 0. The van der Waals surface area contributed by atoms with Crippen LogP contribution < -0.4 is 9.47 Å². The molecule has 0 aromatic heterocycles. The molecule has 3 aliphatic heterocycles. The maximum atomic E-state index is 11.7. The maximum Gasteiger partial charge on any atom is 0.377 e. The van der Waals surface area contributed by atoms with Crippen molar-refractivity contribution in [1.82, 2.24) is 4.90 Å². The number of nitrogens with zero attached hydrogens (tertiary/aromatic N) is 1. The Morgan fingerprint density at radius 2 is 1.91 bits per heavy atom. The number of aliphatic hydroxyl groups is 2. The molecule has 0 radical (unpaired) electrons. The van der Waals surface area contributed by atoms with E-state index >= 15 is 0 Å². The molecule has 3 fully saturated rings. The highest BCUT2D eigenvalue weighted by Gasteiger charge is 2.62. The van der Waals surface area contributed by atoms with Gasteiger partial charge in [0.1, 0.15) is 6.10 Å². The van der Waals surface area contributed by atoms with E-state index in [0.717, 1.165) is 19.4 Å². The zero-order valence-corrected chi connectivity index (χ0v) is 19.4. The average Bonchev–Trinajstić information content (AvgIpc) is 3.46. The second-order valence-corrected chi connectivity index (χ2v) is 9.62. The van der Waals surface area contributed by atoms with E-state index in [-0.39, 0.29) is 24.0 Å². The Hall–Kier alpha value is -2.49. The Kier molecular flexibility index (Phi) is 5.26. The first-order valence-corrected chi connectivity index (χ1v) is 11.3. The Morgan fingerprint density at radius 3 is 2.58 bits per heavy atom. The van der Waals surface area contributed by atoms with Crippen LogP contribution in [-0.2, 0) is 24.4 Å². The third-order valence-electron chi connectivity index (χ3n) is 8.06. The summed E-state index contributed by atoms with van der Waals surface area (Å²) in [5.41, 5.74) is 1.12. The second-order valence-electron chi connectivity index (χ2n) is 9.62. The van der Waals surface area contributed by atoms with Crippen LogP contribution in [0.4, 0.5) is 0 Å². The van der Waals surface area contributed by atoms with Gasteiger partial charge in [0, 0.05) is 23.8 Å². The quantitative estimate of drug-likeness (QED) is 0.654. The minimum Gasteiger partial charge on any atom is -0.505 e. The lowest BCUT2D eigenvalue weighted by Gasteiger charge is -2.51. The van der Waals surface area contributed by atoms with Crippen LogP contribution in [-0.4, -0.2) is 79.5 Å². The lowest BCUT2D eigenvalue weighted by atomic mass is 9.61. The molecule has 1 aliphatic carbocycles. The van der Waals surface area contributed by atoms with E-state index in [1.54, 1.807) is 14.2 Å². The predicted octanol–water partition coefficient (Wildman–Crippen LogP) is 2.44. The molecule has 0 amide bonds. The normalized spacial score (nSPS) is 38.6. The second kappa shape index (κ2) is 7.78. The van der Waals surface area contributed by atoms with Crippen molar-refractivity contribution in [3.8, 4) is 11.5 Å². The van der Waals surface area contributed by atoms with Crippen LogP contribution in [0.15, 0.2) is 29.7 Å². The number of ether oxygens (including phenoxy) is 5. The first-order chi connectivity index (χ1) is 15.7. The fraction of sp³-hybridized carbons (Fsp3) is 0.625. The summed E-state index contributed by atoms with van der Waals surface area (Å²) in [7, 11) is 5.40. The van der Waals surface area contributed by atoms with Gasteiger partial charge >= 0.3 is 5.97 Å². The summed E-state index contributed by atoms with van der Waals surface area (Å²) in [4.78, 5) is 14.0. The fourth-order valence-electron chi connectivity index (χ4n) is 6.26. The van der Waals surface area contributed by atoms with Crippen molar-refractivity contribution >= 4 is 5.97 Å².